The van der Waals surface area contributed by atoms with Crippen LogP contribution in [-0.4, -0.2) is 59.8 Å². The van der Waals surface area contributed by atoms with E-state index in [1.54, 1.807) is 30.1 Å². The van der Waals surface area contributed by atoms with Crippen LogP contribution in [-0.2, 0) is 11.3 Å². The number of benzene rings is 2. The molecular weight excluding hydrogens is 408 g/mol. The minimum absolute atomic E-state index is 0.00773. The van der Waals surface area contributed by atoms with Gasteiger partial charge in [0.2, 0.25) is 5.91 Å². The summed E-state index contributed by atoms with van der Waals surface area (Å²) in [5.74, 6) is -0.336. The van der Waals surface area contributed by atoms with Gasteiger partial charge in [-0.05, 0) is 23.8 Å². The van der Waals surface area contributed by atoms with Gasteiger partial charge in [-0.15, -0.1) is 0 Å². The van der Waals surface area contributed by atoms with Crippen LogP contribution in [0.1, 0.15) is 22.8 Å². The summed E-state index contributed by atoms with van der Waals surface area (Å²) in [6.07, 6.45) is 0. The fraction of sp³-hybridized carbons (Fsp3) is 0.333. The van der Waals surface area contributed by atoms with Gasteiger partial charge in [0.15, 0.2) is 0 Å². The van der Waals surface area contributed by atoms with Crippen LogP contribution in [0.25, 0.3) is 0 Å². The summed E-state index contributed by atoms with van der Waals surface area (Å²) in [4.78, 5) is 40.6. The maximum atomic E-state index is 12.8. The lowest BCUT2D eigenvalue weighted by Crippen LogP contribution is -2.48. The molecule has 0 radical (unpaired) electrons. The van der Waals surface area contributed by atoms with E-state index in [0.717, 1.165) is 5.56 Å². The first-order valence-electron chi connectivity index (χ1n) is 9.55. The Bertz CT molecular complexity index is 973. The number of piperazine rings is 1. The summed E-state index contributed by atoms with van der Waals surface area (Å²) in [6.45, 7) is 3.82. The largest absolute Gasteiger partial charge is 0.362 e. The van der Waals surface area contributed by atoms with E-state index in [-0.39, 0.29) is 23.1 Å². The minimum atomic E-state index is -0.475. The lowest BCUT2D eigenvalue weighted by atomic mass is 10.1. The van der Waals surface area contributed by atoms with E-state index in [0.29, 0.717) is 43.4 Å². The summed E-state index contributed by atoms with van der Waals surface area (Å²) >= 11 is 6.17. The Kier molecular flexibility index (Phi) is 6.56. The van der Waals surface area contributed by atoms with Gasteiger partial charge < -0.3 is 14.7 Å². The molecule has 9 heteroatoms. The van der Waals surface area contributed by atoms with Gasteiger partial charge in [0.25, 0.3) is 11.6 Å². The monoisotopic (exact) mass is 430 g/mol. The zero-order valence-electron chi connectivity index (χ0n) is 16.9. The highest BCUT2D eigenvalue weighted by Gasteiger charge is 2.26. The van der Waals surface area contributed by atoms with Crippen LogP contribution >= 0.6 is 11.6 Å². The summed E-state index contributed by atoms with van der Waals surface area (Å²) in [5, 5.41) is 12.2. The molecule has 0 bridgehead atoms. The molecule has 158 valence electrons. The first-order chi connectivity index (χ1) is 14.3. The van der Waals surface area contributed by atoms with E-state index >= 15 is 0 Å². The third kappa shape index (κ3) is 4.71. The molecule has 0 N–H and O–H groups in total. The Labute approximate surface area is 179 Å². The predicted molar refractivity (Wildman–Crippen MR) is 115 cm³/mol. The van der Waals surface area contributed by atoms with Crippen LogP contribution in [0.3, 0.4) is 0 Å². The number of carbonyl (C=O) groups is 2. The van der Waals surface area contributed by atoms with Crippen LogP contribution < -0.4 is 4.90 Å². The number of nitro groups is 1. The molecule has 1 saturated heterocycles. The number of hydrogen-bond acceptors (Lipinski definition) is 5. The van der Waals surface area contributed by atoms with Gasteiger partial charge in [0.05, 0.1) is 4.92 Å². The lowest BCUT2D eigenvalue weighted by Gasteiger charge is -2.35. The highest BCUT2D eigenvalue weighted by Crippen LogP contribution is 2.30. The zero-order valence-corrected chi connectivity index (χ0v) is 17.6. The zero-order chi connectivity index (χ0) is 21.8. The average molecular weight is 431 g/mol. The van der Waals surface area contributed by atoms with Crippen molar-refractivity contribution in [3.63, 3.8) is 0 Å². The predicted octanol–water partition coefficient (Wildman–Crippen LogP) is 3.19. The van der Waals surface area contributed by atoms with Gasteiger partial charge in [-0.25, -0.2) is 0 Å². The number of hydrogen-bond donors (Lipinski definition) is 0. The van der Waals surface area contributed by atoms with Crippen molar-refractivity contribution < 1.29 is 14.5 Å². The number of nitro benzene ring substituents is 1. The van der Waals surface area contributed by atoms with E-state index in [1.165, 1.54) is 17.9 Å². The Morgan fingerprint density at radius 2 is 1.80 bits per heavy atom. The van der Waals surface area contributed by atoms with Crippen LogP contribution in [0.15, 0.2) is 42.5 Å². The second-order valence-corrected chi connectivity index (χ2v) is 7.61. The third-order valence-electron chi connectivity index (χ3n) is 5.20. The van der Waals surface area contributed by atoms with Gasteiger partial charge in [-0.1, -0.05) is 29.8 Å². The molecular formula is C21H23ClN4O4. The molecule has 1 fully saturated rings. The standard InChI is InChI=1S/C21H23ClN4O4/c1-15(27)24-9-11-25(12-10-24)19-8-7-16(13-20(19)26(29)30)21(28)23(2)14-17-5-3-4-6-18(17)22/h3-8,13H,9-12,14H2,1-2H3. The van der Waals surface area contributed by atoms with Crippen molar-refractivity contribution in [3.05, 3.63) is 68.7 Å². The number of carbonyl (C=O) groups excluding carboxylic acids is 2. The quantitative estimate of drug-likeness (QED) is 0.537. The topological polar surface area (TPSA) is 87.0 Å². The van der Waals surface area contributed by atoms with Crippen LogP contribution in [0.2, 0.25) is 5.02 Å². The number of rotatable bonds is 5. The number of amides is 2. The summed E-state index contributed by atoms with van der Waals surface area (Å²) < 4.78 is 0. The second-order valence-electron chi connectivity index (χ2n) is 7.21. The van der Waals surface area contributed by atoms with E-state index in [9.17, 15) is 19.7 Å². The Hall–Kier alpha value is -3.13. The molecule has 0 saturated carbocycles. The molecule has 2 amide bonds. The van der Waals surface area contributed by atoms with E-state index in [4.69, 9.17) is 11.6 Å². The highest BCUT2D eigenvalue weighted by molar-refractivity contribution is 6.31. The first-order valence-corrected chi connectivity index (χ1v) is 9.93. The molecule has 0 spiro atoms. The number of halogens is 1. The van der Waals surface area contributed by atoms with Crippen molar-refractivity contribution >= 4 is 34.8 Å². The lowest BCUT2D eigenvalue weighted by molar-refractivity contribution is -0.384. The maximum absolute atomic E-state index is 12.8. The minimum Gasteiger partial charge on any atom is -0.362 e. The van der Waals surface area contributed by atoms with Gasteiger partial charge in [-0.2, -0.15) is 0 Å². The van der Waals surface area contributed by atoms with Crippen LogP contribution in [0.5, 0.6) is 0 Å². The van der Waals surface area contributed by atoms with E-state index in [2.05, 4.69) is 0 Å². The molecule has 0 unspecified atom stereocenters. The number of nitrogens with zero attached hydrogens (tertiary/aromatic N) is 4. The first kappa shape index (κ1) is 21.6. The third-order valence-corrected chi connectivity index (χ3v) is 5.57. The van der Waals surface area contributed by atoms with Crippen molar-refractivity contribution in [2.45, 2.75) is 13.5 Å². The average Bonchev–Trinajstić information content (AvgIpc) is 2.74. The van der Waals surface area contributed by atoms with Crippen LogP contribution in [0.4, 0.5) is 11.4 Å². The molecule has 1 heterocycles. The second kappa shape index (κ2) is 9.13. The molecule has 0 atom stereocenters. The van der Waals surface area contributed by atoms with Gasteiger partial charge in [0, 0.05) is 63.3 Å². The summed E-state index contributed by atoms with van der Waals surface area (Å²) in [7, 11) is 1.63. The maximum Gasteiger partial charge on any atom is 0.293 e. The Balaban J connectivity index is 1.79. The molecule has 8 nitrogen and oxygen atoms in total. The normalized spacial score (nSPS) is 13.8. The molecule has 1 aliphatic rings. The highest BCUT2D eigenvalue weighted by atomic mass is 35.5. The van der Waals surface area contributed by atoms with Crippen molar-refractivity contribution in [3.8, 4) is 0 Å². The van der Waals surface area contributed by atoms with Gasteiger partial charge in [0.1, 0.15) is 5.69 Å². The summed E-state index contributed by atoms with van der Waals surface area (Å²) in [6, 6.07) is 11.8. The molecule has 3 rings (SSSR count). The molecule has 2 aromatic rings. The van der Waals surface area contributed by atoms with Crippen molar-refractivity contribution in [1.82, 2.24) is 9.80 Å². The smallest absolute Gasteiger partial charge is 0.293 e. The van der Waals surface area contributed by atoms with Gasteiger partial charge in [-0.3, -0.25) is 19.7 Å². The number of anilines is 1. The molecule has 0 aromatic heterocycles. The fourth-order valence-corrected chi connectivity index (χ4v) is 3.70. The van der Waals surface area contributed by atoms with Gasteiger partial charge >= 0.3 is 0 Å². The van der Waals surface area contributed by atoms with Crippen LogP contribution in [0, 0.1) is 10.1 Å². The van der Waals surface area contributed by atoms with Crippen molar-refractivity contribution in [2.75, 3.05) is 38.1 Å². The van der Waals surface area contributed by atoms with Crippen molar-refractivity contribution in [1.29, 1.82) is 0 Å². The molecule has 2 aromatic carbocycles. The molecule has 30 heavy (non-hydrogen) atoms. The fourth-order valence-electron chi connectivity index (χ4n) is 3.51. The molecule has 1 aliphatic heterocycles. The van der Waals surface area contributed by atoms with Crippen molar-refractivity contribution in [2.24, 2.45) is 0 Å². The summed E-state index contributed by atoms with van der Waals surface area (Å²) in [5.41, 5.74) is 1.36. The SMILES string of the molecule is CC(=O)N1CCN(c2ccc(C(=O)N(C)Cc3ccccc3Cl)cc2[N+](=O)[O-])CC1. The van der Waals surface area contributed by atoms with E-state index in [1.807, 2.05) is 23.1 Å². The van der Waals surface area contributed by atoms with E-state index < -0.39 is 4.92 Å². The molecule has 0 aliphatic carbocycles. The Morgan fingerprint density at radius 3 is 2.40 bits per heavy atom. The Morgan fingerprint density at radius 1 is 1.13 bits per heavy atom.